The van der Waals surface area contributed by atoms with E-state index >= 15 is 0 Å². The van der Waals surface area contributed by atoms with Crippen LogP contribution in [-0.4, -0.2) is 69.3 Å². The summed E-state index contributed by atoms with van der Waals surface area (Å²) in [5, 5.41) is 16.8. The Bertz CT molecular complexity index is 1420. The minimum atomic E-state index is -0.677. The second kappa shape index (κ2) is 11.9. The molecule has 0 unspecified atom stereocenters. The molecule has 3 heterocycles. The first-order valence-corrected chi connectivity index (χ1v) is 15.2. The molecule has 3 aliphatic rings. The number of hydrogen-bond acceptors (Lipinski definition) is 8. The minimum Gasteiger partial charge on any atom is -0.473 e. The van der Waals surface area contributed by atoms with Crippen molar-refractivity contribution in [1.82, 2.24) is 25.1 Å². The zero-order valence-corrected chi connectivity index (χ0v) is 24.7. The van der Waals surface area contributed by atoms with Gasteiger partial charge in [0.1, 0.15) is 11.7 Å². The van der Waals surface area contributed by atoms with Crippen LogP contribution in [0.5, 0.6) is 5.88 Å². The molecule has 0 radical (unpaired) electrons. The fourth-order valence-corrected chi connectivity index (χ4v) is 5.50. The predicted molar refractivity (Wildman–Crippen MR) is 157 cm³/mol. The van der Waals surface area contributed by atoms with Crippen molar-refractivity contribution in [1.29, 1.82) is 0 Å². The molecule has 1 N–H and O–H groups in total. The Morgan fingerprint density at radius 1 is 1.02 bits per heavy atom. The standard InChI is InChI=1S/C31H40N6O5/c1-31(2,3)42-30(39)36(19-20-14-16-40-17-15-20)25-18-26(41-24-6-4-5-7-24)35-37-27(33-34-28(25)37)21-8-10-22(11-9-21)29(38)32-23-12-13-23/h8-11,18,20,23-24H,4-7,12-17,19H2,1-3H3,(H,32,38). The lowest BCUT2D eigenvalue weighted by atomic mass is 9.99. The number of fused-ring (bicyclic) bond motifs is 1. The highest BCUT2D eigenvalue weighted by Crippen LogP contribution is 2.33. The number of benzene rings is 1. The van der Waals surface area contributed by atoms with Crippen molar-refractivity contribution in [2.75, 3.05) is 24.7 Å². The molecule has 2 saturated carbocycles. The van der Waals surface area contributed by atoms with E-state index in [0.717, 1.165) is 56.9 Å². The van der Waals surface area contributed by atoms with Crippen LogP contribution in [0.1, 0.15) is 82.5 Å². The van der Waals surface area contributed by atoms with E-state index < -0.39 is 11.7 Å². The Hall–Kier alpha value is -3.73. The molecule has 2 amide bonds. The molecule has 3 fully saturated rings. The Labute approximate surface area is 245 Å². The first kappa shape index (κ1) is 28.4. The van der Waals surface area contributed by atoms with Gasteiger partial charge in [0, 0.05) is 43.0 Å². The highest BCUT2D eigenvalue weighted by atomic mass is 16.6. The molecular formula is C31H40N6O5. The molecule has 1 saturated heterocycles. The highest BCUT2D eigenvalue weighted by molar-refractivity contribution is 5.95. The van der Waals surface area contributed by atoms with E-state index in [2.05, 4.69) is 15.5 Å². The van der Waals surface area contributed by atoms with E-state index in [1.165, 1.54) is 0 Å². The largest absolute Gasteiger partial charge is 0.473 e. The number of ether oxygens (including phenoxy) is 3. The molecule has 11 nitrogen and oxygen atoms in total. The van der Waals surface area contributed by atoms with Crippen LogP contribution in [0.4, 0.5) is 10.5 Å². The Morgan fingerprint density at radius 2 is 1.74 bits per heavy atom. The lowest BCUT2D eigenvalue weighted by Gasteiger charge is -2.31. The van der Waals surface area contributed by atoms with Crippen molar-refractivity contribution in [2.45, 2.75) is 89.9 Å². The van der Waals surface area contributed by atoms with Crippen LogP contribution < -0.4 is 15.0 Å². The summed E-state index contributed by atoms with van der Waals surface area (Å²) in [6.07, 6.45) is 7.54. The number of nitrogens with zero attached hydrogens (tertiary/aromatic N) is 5. The normalized spacial score (nSPS) is 18.3. The minimum absolute atomic E-state index is 0.0671. The molecule has 42 heavy (non-hydrogen) atoms. The quantitative estimate of drug-likeness (QED) is 0.390. The second-order valence-electron chi connectivity index (χ2n) is 12.6. The van der Waals surface area contributed by atoms with Gasteiger partial charge >= 0.3 is 6.09 Å². The number of carbonyl (C=O) groups excluding carboxylic acids is 2. The Morgan fingerprint density at radius 3 is 2.40 bits per heavy atom. The maximum atomic E-state index is 13.7. The number of nitrogens with one attached hydrogen (secondary N) is 1. The smallest absolute Gasteiger partial charge is 0.414 e. The number of amides is 2. The van der Waals surface area contributed by atoms with E-state index in [-0.39, 0.29) is 24.0 Å². The predicted octanol–water partition coefficient (Wildman–Crippen LogP) is 5.17. The Balaban J connectivity index is 1.39. The van der Waals surface area contributed by atoms with Crippen LogP contribution >= 0.6 is 0 Å². The van der Waals surface area contributed by atoms with Gasteiger partial charge in [-0.05, 0) is 90.2 Å². The SMILES string of the molecule is CC(C)(C)OC(=O)N(CC1CCOCC1)c1cc(OC2CCCC2)nn2c(-c3ccc(C(=O)NC4CC4)cc3)nnc12. The van der Waals surface area contributed by atoms with Gasteiger partial charge in [0.25, 0.3) is 5.91 Å². The fourth-order valence-electron chi connectivity index (χ4n) is 5.50. The number of aromatic nitrogens is 4. The van der Waals surface area contributed by atoms with Crippen molar-refractivity contribution < 1.29 is 23.8 Å². The van der Waals surface area contributed by atoms with Gasteiger partial charge < -0.3 is 19.5 Å². The molecular weight excluding hydrogens is 536 g/mol. The van der Waals surface area contributed by atoms with Gasteiger partial charge in [-0.2, -0.15) is 4.52 Å². The molecule has 1 aliphatic heterocycles. The van der Waals surface area contributed by atoms with Gasteiger partial charge in [-0.1, -0.05) is 12.1 Å². The van der Waals surface area contributed by atoms with Crippen molar-refractivity contribution in [3.8, 4) is 17.3 Å². The maximum Gasteiger partial charge on any atom is 0.414 e. The lowest BCUT2D eigenvalue weighted by molar-refractivity contribution is 0.0515. The van der Waals surface area contributed by atoms with E-state index in [1.54, 1.807) is 27.6 Å². The third-order valence-electron chi connectivity index (χ3n) is 7.92. The van der Waals surface area contributed by atoms with E-state index in [9.17, 15) is 9.59 Å². The molecule has 224 valence electrons. The summed E-state index contributed by atoms with van der Waals surface area (Å²) >= 11 is 0. The van der Waals surface area contributed by atoms with Gasteiger partial charge in [0.05, 0.1) is 5.69 Å². The molecule has 11 heteroatoms. The topological polar surface area (TPSA) is 120 Å². The van der Waals surface area contributed by atoms with Gasteiger partial charge in [-0.15, -0.1) is 15.3 Å². The molecule has 1 aromatic carbocycles. The average molecular weight is 577 g/mol. The van der Waals surface area contributed by atoms with Crippen LogP contribution in [0.2, 0.25) is 0 Å². The lowest BCUT2D eigenvalue weighted by Crippen LogP contribution is -2.41. The maximum absolute atomic E-state index is 13.7. The van der Waals surface area contributed by atoms with E-state index in [0.29, 0.717) is 48.4 Å². The summed E-state index contributed by atoms with van der Waals surface area (Å²) in [4.78, 5) is 27.9. The first-order valence-electron chi connectivity index (χ1n) is 15.2. The fraction of sp³-hybridized carbons (Fsp3) is 0.581. The van der Waals surface area contributed by atoms with Gasteiger partial charge in [-0.25, -0.2) is 4.79 Å². The number of anilines is 1. The van der Waals surface area contributed by atoms with E-state index in [4.69, 9.17) is 19.3 Å². The molecule has 0 spiro atoms. The number of rotatable bonds is 8. The zero-order valence-electron chi connectivity index (χ0n) is 24.7. The van der Waals surface area contributed by atoms with Crippen molar-refractivity contribution >= 4 is 23.3 Å². The van der Waals surface area contributed by atoms with E-state index in [1.807, 2.05) is 32.9 Å². The molecule has 3 aromatic rings. The highest BCUT2D eigenvalue weighted by Gasteiger charge is 2.31. The third-order valence-corrected chi connectivity index (χ3v) is 7.92. The molecule has 2 aliphatic carbocycles. The van der Waals surface area contributed by atoms with Crippen LogP contribution in [0.3, 0.4) is 0 Å². The summed E-state index contributed by atoms with van der Waals surface area (Å²) in [5.74, 6) is 1.07. The van der Waals surface area contributed by atoms with Crippen molar-refractivity contribution in [2.24, 2.45) is 5.92 Å². The average Bonchev–Trinajstić information content (AvgIpc) is 3.44. The van der Waals surface area contributed by atoms with Crippen LogP contribution in [0.25, 0.3) is 17.0 Å². The summed E-state index contributed by atoms with van der Waals surface area (Å²) in [6.45, 7) is 7.36. The van der Waals surface area contributed by atoms with Gasteiger partial charge in [0.2, 0.25) is 11.5 Å². The summed E-state index contributed by atoms with van der Waals surface area (Å²) < 4.78 is 19.4. The van der Waals surface area contributed by atoms with Crippen molar-refractivity contribution in [3.05, 3.63) is 35.9 Å². The molecule has 6 rings (SSSR count). The number of carbonyl (C=O) groups is 2. The molecule has 2 aromatic heterocycles. The first-order chi connectivity index (χ1) is 20.2. The molecule has 0 bridgehead atoms. The molecule has 0 atom stereocenters. The summed E-state index contributed by atoms with van der Waals surface area (Å²) in [5.41, 5.74) is 1.63. The number of hydrogen-bond donors (Lipinski definition) is 1. The monoisotopic (exact) mass is 576 g/mol. The van der Waals surface area contributed by atoms with Crippen molar-refractivity contribution in [3.63, 3.8) is 0 Å². The van der Waals surface area contributed by atoms with Crippen LogP contribution in [0, 0.1) is 5.92 Å². The zero-order chi connectivity index (χ0) is 29.3. The van der Waals surface area contributed by atoms with Crippen LogP contribution in [0.15, 0.2) is 30.3 Å². The second-order valence-corrected chi connectivity index (χ2v) is 12.6. The van der Waals surface area contributed by atoms with Gasteiger partial charge in [-0.3, -0.25) is 9.69 Å². The summed E-state index contributed by atoms with van der Waals surface area (Å²) in [6, 6.07) is 9.33. The van der Waals surface area contributed by atoms with Gasteiger partial charge in [0.15, 0.2) is 5.82 Å². The Kier molecular flexibility index (Phi) is 8.02. The summed E-state index contributed by atoms with van der Waals surface area (Å²) in [7, 11) is 0. The van der Waals surface area contributed by atoms with Crippen LogP contribution in [-0.2, 0) is 9.47 Å². The third kappa shape index (κ3) is 6.67.